The summed E-state index contributed by atoms with van der Waals surface area (Å²) in [7, 11) is 0. The zero-order valence-electron chi connectivity index (χ0n) is 11.1. The van der Waals surface area contributed by atoms with Crippen molar-refractivity contribution < 1.29 is 4.79 Å². The van der Waals surface area contributed by atoms with E-state index < -0.39 is 0 Å². The first kappa shape index (κ1) is 14.1. The van der Waals surface area contributed by atoms with Crippen molar-refractivity contribution in [3.05, 3.63) is 16.1 Å². The van der Waals surface area contributed by atoms with Gasteiger partial charge in [-0.25, -0.2) is 4.98 Å². The van der Waals surface area contributed by atoms with Crippen LogP contribution in [0.3, 0.4) is 0 Å². The minimum absolute atomic E-state index is 0.0117. The van der Waals surface area contributed by atoms with Crippen molar-refractivity contribution in [1.82, 2.24) is 15.6 Å². The molecular formula is C12H21N3OS. The molecule has 0 aliphatic rings. The molecule has 0 aliphatic carbocycles. The van der Waals surface area contributed by atoms with E-state index in [1.807, 2.05) is 40.8 Å². The van der Waals surface area contributed by atoms with Crippen LogP contribution in [0.5, 0.6) is 0 Å². The van der Waals surface area contributed by atoms with Crippen LogP contribution in [0.15, 0.2) is 6.20 Å². The summed E-state index contributed by atoms with van der Waals surface area (Å²) in [5.41, 5.74) is -0.181. The topological polar surface area (TPSA) is 54.0 Å². The molecule has 0 fully saturated rings. The van der Waals surface area contributed by atoms with Gasteiger partial charge in [0.15, 0.2) is 0 Å². The second-order valence-corrected chi connectivity index (χ2v) is 6.48. The van der Waals surface area contributed by atoms with E-state index in [2.05, 4.69) is 15.6 Å². The Morgan fingerprint density at radius 1 is 1.53 bits per heavy atom. The zero-order chi connectivity index (χ0) is 13.1. The van der Waals surface area contributed by atoms with Crippen molar-refractivity contribution in [2.45, 2.75) is 46.2 Å². The maximum absolute atomic E-state index is 11.6. The van der Waals surface area contributed by atoms with Crippen molar-refractivity contribution in [2.24, 2.45) is 0 Å². The first-order valence-corrected chi connectivity index (χ1v) is 6.56. The number of aromatic nitrogens is 1. The first-order valence-electron chi connectivity index (χ1n) is 5.74. The highest BCUT2D eigenvalue weighted by atomic mass is 32.1. The second kappa shape index (κ2) is 5.60. The fourth-order valence-corrected chi connectivity index (χ4v) is 2.17. The summed E-state index contributed by atoms with van der Waals surface area (Å²) in [6.45, 7) is 10.3. The van der Waals surface area contributed by atoms with Gasteiger partial charge in [0.1, 0.15) is 5.01 Å². The number of nitrogens with zero attached hydrogens (tertiary/aromatic N) is 1. The molecule has 0 saturated heterocycles. The van der Waals surface area contributed by atoms with Crippen molar-refractivity contribution in [2.75, 3.05) is 6.54 Å². The van der Waals surface area contributed by atoms with E-state index in [1.54, 1.807) is 11.3 Å². The summed E-state index contributed by atoms with van der Waals surface area (Å²) in [6.07, 6.45) is 1.85. The van der Waals surface area contributed by atoms with Gasteiger partial charge in [-0.05, 0) is 34.6 Å². The molecule has 0 aliphatic heterocycles. The van der Waals surface area contributed by atoms with Gasteiger partial charge in [-0.3, -0.25) is 10.1 Å². The monoisotopic (exact) mass is 255 g/mol. The van der Waals surface area contributed by atoms with Crippen LogP contribution < -0.4 is 10.6 Å². The Morgan fingerprint density at radius 3 is 2.65 bits per heavy atom. The molecule has 96 valence electrons. The Hall–Kier alpha value is -0.940. The number of hydrogen-bond acceptors (Lipinski definition) is 4. The number of hydrogen-bond donors (Lipinski definition) is 2. The fourth-order valence-electron chi connectivity index (χ4n) is 1.37. The van der Waals surface area contributed by atoms with E-state index in [0.717, 1.165) is 5.01 Å². The number of thiazole rings is 1. The molecule has 1 atom stereocenters. The molecule has 1 aromatic rings. The number of amides is 1. The number of carbonyl (C=O) groups excluding carboxylic acids is 1. The lowest BCUT2D eigenvalue weighted by atomic mass is 10.1. The minimum atomic E-state index is -0.181. The highest BCUT2D eigenvalue weighted by Gasteiger charge is 2.15. The maximum Gasteiger partial charge on any atom is 0.234 e. The van der Waals surface area contributed by atoms with E-state index in [0.29, 0.717) is 6.54 Å². The highest BCUT2D eigenvalue weighted by Crippen LogP contribution is 2.18. The van der Waals surface area contributed by atoms with Crippen LogP contribution in [0.4, 0.5) is 0 Å². The fraction of sp³-hybridized carbons (Fsp3) is 0.667. The largest absolute Gasteiger partial charge is 0.350 e. The maximum atomic E-state index is 11.6. The van der Waals surface area contributed by atoms with Gasteiger partial charge in [0.05, 0.1) is 12.6 Å². The Balaban J connectivity index is 2.38. The summed E-state index contributed by atoms with van der Waals surface area (Å²) < 4.78 is 0. The number of carbonyl (C=O) groups is 1. The predicted octanol–water partition coefficient (Wildman–Crippen LogP) is 2.02. The molecule has 17 heavy (non-hydrogen) atoms. The van der Waals surface area contributed by atoms with E-state index in [1.165, 1.54) is 4.88 Å². The van der Waals surface area contributed by atoms with Gasteiger partial charge < -0.3 is 5.32 Å². The lowest BCUT2D eigenvalue weighted by Crippen LogP contribution is -2.45. The van der Waals surface area contributed by atoms with Gasteiger partial charge in [0.25, 0.3) is 0 Å². The molecule has 0 radical (unpaired) electrons. The third kappa shape index (κ3) is 5.28. The summed E-state index contributed by atoms with van der Waals surface area (Å²) >= 11 is 1.66. The van der Waals surface area contributed by atoms with Crippen LogP contribution in [0, 0.1) is 6.92 Å². The predicted molar refractivity (Wildman–Crippen MR) is 71.2 cm³/mol. The Labute approximate surface area is 107 Å². The standard InChI is InChI=1S/C12H21N3OS/c1-8-6-14-11(17-8)9(2)13-7-10(16)15-12(3,4)5/h6,9,13H,7H2,1-5H3,(H,15,16)/t9-/m1/s1. The molecule has 1 amide bonds. The zero-order valence-corrected chi connectivity index (χ0v) is 11.9. The Kier molecular flexibility index (Phi) is 4.65. The molecule has 5 heteroatoms. The summed E-state index contributed by atoms with van der Waals surface area (Å²) in [5.74, 6) is 0.0117. The van der Waals surface area contributed by atoms with E-state index >= 15 is 0 Å². The van der Waals surface area contributed by atoms with Crippen LogP contribution in [0.25, 0.3) is 0 Å². The lowest BCUT2D eigenvalue weighted by Gasteiger charge is -2.21. The van der Waals surface area contributed by atoms with Crippen LogP contribution in [0.1, 0.15) is 43.6 Å². The average Bonchev–Trinajstić information content (AvgIpc) is 2.58. The van der Waals surface area contributed by atoms with Crippen molar-refractivity contribution in [3.8, 4) is 0 Å². The number of rotatable bonds is 4. The van der Waals surface area contributed by atoms with E-state index in [4.69, 9.17) is 0 Å². The molecular weight excluding hydrogens is 234 g/mol. The molecule has 0 unspecified atom stereocenters. The molecule has 0 spiro atoms. The molecule has 0 bridgehead atoms. The third-order valence-corrected chi connectivity index (χ3v) is 3.19. The molecule has 0 aromatic carbocycles. The SMILES string of the molecule is Cc1cnc([C@@H](C)NCC(=O)NC(C)(C)C)s1. The molecule has 4 nitrogen and oxygen atoms in total. The third-order valence-electron chi connectivity index (χ3n) is 2.09. The van der Waals surface area contributed by atoms with Crippen LogP contribution in [-0.4, -0.2) is 23.0 Å². The van der Waals surface area contributed by atoms with E-state index in [9.17, 15) is 4.79 Å². The second-order valence-electron chi connectivity index (χ2n) is 5.21. The molecule has 0 saturated carbocycles. The van der Waals surface area contributed by atoms with Gasteiger partial charge in [-0.15, -0.1) is 11.3 Å². The van der Waals surface area contributed by atoms with Crippen LogP contribution in [-0.2, 0) is 4.79 Å². The van der Waals surface area contributed by atoms with Gasteiger partial charge in [-0.2, -0.15) is 0 Å². The summed E-state index contributed by atoms with van der Waals surface area (Å²) in [5, 5.41) is 7.10. The van der Waals surface area contributed by atoms with Crippen molar-refractivity contribution in [1.29, 1.82) is 0 Å². The highest BCUT2D eigenvalue weighted by molar-refractivity contribution is 7.11. The summed E-state index contributed by atoms with van der Waals surface area (Å²) in [4.78, 5) is 17.1. The van der Waals surface area contributed by atoms with Crippen molar-refractivity contribution in [3.63, 3.8) is 0 Å². The lowest BCUT2D eigenvalue weighted by molar-refractivity contribution is -0.121. The van der Waals surface area contributed by atoms with Gasteiger partial charge in [0, 0.05) is 16.6 Å². The van der Waals surface area contributed by atoms with Gasteiger partial charge >= 0.3 is 0 Å². The molecule has 1 rings (SSSR count). The number of aryl methyl sites for hydroxylation is 1. The van der Waals surface area contributed by atoms with E-state index in [-0.39, 0.29) is 17.5 Å². The average molecular weight is 255 g/mol. The first-order chi connectivity index (χ1) is 7.78. The normalized spacial score (nSPS) is 13.5. The summed E-state index contributed by atoms with van der Waals surface area (Å²) in [6, 6.07) is 0.111. The van der Waals surface area contributed by atoms with Gasteiger partial charge in [-0.1, -0.05) is 0 Å². The Bertz CT molecular complexity index is 381. The molecule has 1 aromatic heterocycles. The smallest absolute Gasteiger partial charge is 0.234 e. The van der Waals surface area contributed by atoms with Crippen LogP contribution in [0.2, 0.25) is 0 Å². The van der Waals surface area contributed by atoms with Crippen LogP contribution >= 0.6 is 11.3 Å². The molecule has 1 heterocycles. The minimum Gasteiger partial charge on any atom is -0.350 e. The van der Waals surface area contributed by atoms with Crippen molar-refractivity contribution >= 4 is 17.2 Å². The molecule has 2 N–H and O–H groups in total. The number of nitrogens with one attached hydrogen (secondary N) is 2. The van der Waals surface area contributed by atoms with Gasteiger partial charge in [0.2, 0.25) is 5.91 Å². The Morgan fingerprint density at radius 2 is 2.18 bits per heavy atom. The quantitative estimate of drug-likeness (QED) is 0.865.